The van der Waals surface area contributed by atoms with E-state index in [0.717, 1.165) is 0 Å². The van der Waals surface area contributed by atoms with Gasteiger partial charge in [0.15, 0.2) is 0 Å². The van der Waals surface area contributed by atoms with Crippen molar-refractivity contribution in [3.63, 3.8) is 0 Å². The smallest absolute Gasteiger partial charge is 0.270 e. The van der Waals surface area contributed by atoms with E-state index >= 15 is 0 Å². The average molecular weight is 469 g/mol. The Morgan fingerprint density at radius 2 is 2.03 bits per heavy atom. The van der Waals surface area contributed by atoms with Gasteiger partial charge < -0.3 is 25.3 Å². The maximum absolute atomic E-state index is 13.5. The van der Waals surface area contributed by atoms with Crippen molar-refractivity contribution in [2.45, 2.75) is 0 Å². The molecule has 33 heavy (non-hydrogen) atoms. The van der Waals surface area contributed by atoms with Crippen LogP contribution in [0.3, 0.4) is 0 Å². The molecule has 3 aromatic rings. The second kappa shape index (κ2) is 8.64. The number of halogens is 2. The molecule has 0 unspecified atom stereocenters. The highest BCUT2D eigenvalue weighted by Crippen LogP contribution is 2.37. The van der Waals surface area contributed by atoms with Crippen molar-refractivity contribution in [2.75, 3.05) is 36.9 Å². The molecule has 11 heteroatoms. The van der Waals surface area contributed by atoms with E-state index in [1.165, 1.54) is 24.5 Å². The average Bonchev–Trinajstić information content (AvgIpc) is 3.41. The van der Waals surface area contributed by atoms with Crippen molar-refractivity contribution < 1.29 is 18.7 Å². The Kier molecular flexibility index (Phi) is 5.53. The molecule has 2 amide bonds. The summed E-state index contributed by atoms with van der Waals surface area (Å²) in [6, 6.07) is 7.57. The Hall–Kier alpha value is -3.76. The fraction of sp³-hybridized carbons (Fsp3) is 0.182. The van der Waals surface area contributed by atoms with Gasteiger partial charge in [0.05, 0.1) is 29.4 Å². The Morgan fingerprint density at radius 1 is 1.21 bits per heavy atom. The third-order valence-electron chi connectivity index (χ3n) is 5.31. The Bertz CT molecular complexity index is 1280. The fourth-order valence-electron chi connectivity index (χ4n) is 3.68. The van der Waals surface area contributed by atoms with Gasteiger partial charge in [0.1, 0.15) is 29.5 Å². The van der Waals surface area contributed by atoms with Gasteiger partial charge in [-0.2, -0.15) is 0 Å². The largest absolute Gasteiger partial charge is 0.378 e. The number of nitrogens with zero attached hydrogens (tertiary/aromatic N) is 3. The molecular formula is C22H18ClFN6O3. The lowest BCUT2D eigenvalue weighted by Crippen LogP contribution is -2.40. The second-order valence-corrected chi connectivity index (χ2v) is 7.85. The van der Waals surface area contributed by atoms with Crippen LogP contribution in [0.2, 0.25) is 5.02 Å². The highest BCUT2D eigenvalue weighted by atomic mass is 35.5. The molecule has 0 bridgehead atoms. The summed E-state index contributed by atoms with van der Waals surface area (Å²) in [6.45, 7) is 2.08. The summed E-state index contributed by atoms with van der Waals surface area (Å²) in [5.74, 6) is -0.335. The summed E-state index contributed by atoms with van der Waals surface area (Å²) < 4.78 is 18.8. The van der Waals surface area contributed by atoms with Crippen molar-refractivity contribution >= 4 is 52.4 Å². The molecule has 1 saturated heterocycles. The Labute approximate surface area is 192 Å². The minimum atomic E-state index is -0.540. The molecule has 0 aliphatic carbocycles. The zero-order valence-corrected chi connectivity index (χ0v) is 17.9. The predicted molar refractivity (Wildman–Crippen MR) is 121 cm³/mol. The lowest BCUT2D eigenvalue weighted by Gasteiger charge is -2.26. The molecule has 1 aromatic carbocycles. The van der Waals surface area contributed by atoms with E-state index in [9.17, 15) is 14.0 Å². The number of ether oxygens (including phenoxy) is 1. The zero-order chi connectivity index (χ0) is 22.9. The zero-order valence-electron chi connectivity index (χ0n) is 17.2. The van der Waals surface area contributed by atoms with Crippen LogP contribution in [0.25, 0.3) is 11.6 Å². The monoisotopic (exact) mass is 468 g/mol. The lowest BCUT2D eigenvalue weighted by molar-refractivity contribution is -0.110. The molecule has 0 atom stereocenters. The molecule has 3 N–H and O–H groups in total. The number of anilines is 3. The number of aromatic amines is 1. The molecule has 2 aromatic heterocycles. The van der Waals surface area contributed by atoms with Crippen molar-refractivity contribution in [2.24, 2.45) is 0 Å². The van der Waals surface area contributed by atoms with E-state index in [2.05, 4.69) is 25.6 Å². The Balaban J connectivity index is 1.45. The van der Waals surface area contributed by atoms with Gasteiger partial charge in [-0.15, -0.1) is 0 Å². The number of aromatic nitrogens is 3. The number of morpholine rings is 1. The van der Waals surface area contributed by atoms with Crippen LogP contribution < -0.4 is 10.6 Å². The maximum atomic E-state index is 13.5. The van der Waals surface area contributed by atoms with Crippen LogP contribution in [0.4, 0.5) is 21.7 Å². The molecule has 5 rings (SSSR count). The van der Waals surface area contributed by atoms with Crippen LogP contribution in [0.1, 0.15) is 21.7 Å². The number of benzene rings is 1. The molecule has 2 aliphatic heterocycles. The van der Waals surface area contributed by atoms with Crippen LogP contribution in [-0.2, 0) is 9.53 Å². The van der Waals surface area contributed by atoms with Crippen LogP contribution >= 0.6 is 11.6 Å². The van der Waals surface area contributed by atoms with Crippen LogP contribution in [-0.4, -0.2) is 58.0 Å². The van der Waals surface area contributed by atoms with E-state index in [-0.39, 0.29) is 16.8 Å². The van der Waals surface area contributed by atoms with Crippen LogP contribution in [0.15, 0.2) is 36.7 Å². The third-order valence-corrected chi connectivity index (χ3v) is 5.60. The molecule has 9 nitrogen and oxygen atoms in total. The summed E-state index contributed by atoms with van der Waals surface area (Å²) in [5.41, 5.74) is 2.27. The summed E-state index contributed by atoms with van der Waals surface area (Å²) in [5, 5.41) is 5.72. The van der Waals surface area contributed by atoms with E-state index in [1.807, 2.05) is 0 Å². The number of amides is 2. The number of carbonyl (C=O) groups excluding carboxylic acids is 2. The van der Waals surface area contributed by atoms with Gasteiger partial charge >= 0.3 is 0 Å². The molecule has 168 valence electrons. The summed E-state index contributed by atoms with van der Waals surface area (Å²) in [7, 11) is 0. The van der Waals surface area contributed by atoms with Crippen LogP contribution in [0, 0.1) is 5.82 Å². The first-order chi connectivity index (χ1) is 16.0. The summed E-state index contributed by atoms with van der Waals surface area (Å²) in [6.07, 6.45) is 2.94. The number of H-pyrrole nitrogens is 1. The Morgan fingerprint density at radius 3 is 2.82 bits per heavy atom. The summed E-state index contributed by atoms with van der Waals surface area (Å²) in [4.78, 5) is 38.5. The molecular weight excluding hydrogens is 451 g/mol. The first-order valence-electron chi connectivity index (χ1n) is 10.2. The molecule has 0 radical (unpaired) electrons. The first kappa shape index (κ1) is 21.1. The standard InChI is InChI=1S/C22H18ClFN6O3/c23-15-10-13(1-3-16(15)24)28-19-18-14(21(31)29-20(18)26-11-25-19)9-12-2-4-17(27-12)22(32)30-5-7-33-8-6-30/h1-4,9-11,27H,5-8H2,(H2,25,26,28,29,31). The second-order valence-electron chi connectivity index (χ2n) is 7.44. The van der Waals surface area contributed by atoms with E-state index < -0.39 is 5.82 Å². The van der Waals surface area contributed by atoms with Crippen molar-refractivity contribution in [1.82, 2.24) is 19.9 Å². The minimum absolute atomic E-state index is 0.0421. The van der Waals surface area contributed by atoms with Gasteiger partial charge in [-0.25, -0.2) is 14.4 Å². The minimum Gasteiger partial charge on any atom is -0.378 e. The highest BCUT2D eigenvalue weighted by Gasteiger charge is 2.30. The summed E-state index contributed by atoms with van der Waals surface area (Å²) >= 11 is 5.87. The number of fused-ring (bicyclic) bond motifs is 1. The van der Waals surface area contributed by atoms with E-state index in [0.29, 0.717) is 66.2 Å². The van der Waals surface area contributed by atoms with Gasteiger partial charge in [0, 0.05) is 24.5 Å². The number of carbonyl (C=O) groups is 2. The van der Waals surface area contributed by atoms with Gasteiger partial charge in [0.25, 0.3) is 11.8 Å². The number of rotatable bonds is 4. The molecule has 2 aliphatic rings. The topological polar surface area (TPSA) is 112 Å². The SMILES string of the molecule is O=C1Nc2ncnc(Nc3ccc(F)c(Cl)c3)c2C1=Cc1ccc(C(=O)N2CCOCC2)[nH]1. The highest BCUT2D eigenvalue weighted by molar-refractivity contribution is 6.35. The van der Waals surface area contributed by atoms with Gasteiger partial charge in [-0.05, 0) is 36.4 Å². The van der Waals surface area contributed by atoms with Crippen molar-refractivity contribution in [1.29, 1.82) is 0 Å². The van der Waals surface area contributed by atoms with Gasteiger partial charge in [0.2, 0.25) is 0 Å². The third kappa shape index (κ3) is 4.18. The van der Waals surface area contributed by atoms with Crippen molar-refractivity contribution in [3.8, 4) is 0 Å². The number of hydrogen-bond acceptors (Lipinski definition) is 6. The predicted octanol–water partition coefficient (Wildman–Crippen LogP) is 3.31. The normalized spacial score (nSPS) is 16.6. The van der Waals surface area contributed by atoms with Crippen LogP contribution in [0.5, 0.6) is 0 Å². The van der Waals surface area contributed by atoms with Crippen molar-refractivity contribution in [3.05, 3.63) is 64.5 Å². The molecule has 0 spiro atoms. The molecule has 0 saturated carbocycles. The van der Waals surface area contributed by atoms with Gasteiger partial charge in [-0.3, -0.25) is 9.59 Å². The quantitative estimate of drug-likeness (QED) is 0.506. The van der Waals surface area contributed by atoms with E-state index in [4.69, 9.17) is 16.3 Å². The number of hydrogen-bond donors (Lipinski definition) is 3. The fourth-order valence-corrected chi connectivity index (χ4v) is 3.86. The maximum Gasteiger partial charge on any atom is 0.270 e. The first-order valence-corrected chi connectivity index (χ1v) is 10.5. The lowest BCUT2D eigenvalue weighted by atomic mass is 10.1. The molecule has 1 fully saturated rings. The molecule has 4 heterocycles. The van der Waals surface area contributed by atoms with Gasteiger partial charge in [-0.1, -0.05) is 11.6 Å². The van der Waals surface area contributed by atoms with E-state index in [1.54, 1.807) is 23.1 Å². The number of nitrogens with one attached hydrogen (secondary N) is 3.